The molecule has 0 bridgehead atoms. The van der Waals surface area contributed by atoms with E-state index in [4.69, 9.17) is 27.9 Å². The second kappa shape index (κ2) is 8.21. The van der Waals surface area contributed by atoms with Crippen LogP contribution in [0.1, 0.15) is 12.5 Å². The summed E-state index contributed by atoms with van der Waals surface area (Å²) in [5.74, 6) is 0.279. The van der Waals surface area contributed by atoms with Gasteiger partial charge in [-0.3, -0.25) is 4.79 Å². The summed E-state index contributed by atoms with van der Waals surface area (Å²) in [6, 6.07) is 18.8. The van der Waals surface area contributed by atoms with Crippen LogP contribution in [0.2, 0.25) is 10.0 Å². The number of hydrogen-bond acceptors (Lipinski definition) is 3. The second-order valence-corrected chi connectivity index (χ2v) is 6.47. The van der Waals surface area contributed by atoms with Crippen LogP contribution >= 0.6 is 23.2 Å². The van der Waals surface area contributed by atoms with Crippen molar-refractivity contribution >= 4 is 45.6 Å². The van der Waals surface area contributed by atoms with Crippen molar-refractivity contribution in [2.75, 3.05) is 6.61 Å². The number of hydrogen-bond donors (Lipinski definition) is 1. The number of hydrazone groups is 1. The smallest absolute Gasteiger partial charge is 0.277 e. The van der Waals surface area contributed by atoms with Crippen LogP contribution in [0.3, 0.4) is 0 Å². The van der Waals surface area contributed by atoms with E-state index < -0.39 is 0 Å². The largest absolute Gasteiger partial charge is 0.484 e. The average Bonchev–Trinajstić information content (AvgIpc) is 2.66. The average molecular weight is 387 g/mol. The van der Waals surface area contributed by atoms with Gasteiger partial charge in [-0.15, -0.1) is 0 Å². The van der Waals surface area contributed by atoms with Gasteiger partial charge in [0.2, 0.25) is 0 Å². The minimum absolute atomic E-state index is 0.128. The molecule has 0 heterocycles. The Morgan fingerprint density at radius 1 is 1.00 bits per heavy atom. The van der Waals surface area contributed by atoms with Crippen molar-refractivity contribution in [1.82, 2.24) is 5.43 Å². The molecule has 3 aromatic rings. The Kier molecular flexibility index (Phi) is 5.76. The van der Waals surface area contributed by atoms with Gasteiger partial charge in [-0.2, -0.15) is 5.10 Å². The number of fused-ring (bicyclic) bond motifs is 1. The number of nitrogens with one attached hydrogen (secondary N) is 1. The van der Waals surface area contributed by atoms with Crippen LogP contribution in [0.15, 0.2) is 65.8 Å². The van der Waals surface area contributed by atoms with Crippen molar-refractivity contribution in [1.29, 1.82) is 0 Å². The van der Waals surface area contributed by atoms with E-state index >= 15 is 0 Å². The van der Waals surface area contributed by atoms with Gasteiger partial charge in [-0.25, -0.2) is 5.43 Å². The van der Waals surface area contributed by atoms with Crippen molar-refractivity contribution in [3.8, 4) is 5.75 Å². The molecular formula is C20H16Cl2N2O2. The zero-order valence-electron chi connectivity index (χ0n) is 14.0. The predicted octanol–water partition coefficient (Wildman–Crippen LogP) is 5.07. The summed E-state index contributed by atoms with van der Waals surface area (Å²) in [5.41, 5.74) is 3.86. The Balaban J connectivity index is 1.58. The van der Waals surface area contributed by atoms with Crippen molar-refractivity contribution < 1.29 is 9.53 Å². The molecule has 0 radical (unpaired) electrons. The molecule has 3 rings (SSSR count). The first-order valence-electron chi connectivity index (χ1n) is 7.93. The minimum Gasteiger partial charge on any atom is -0.484 e. The third-order valence-corrected chi connectivity index (χ3v) is 4.52. The van der Waals surface area contributed by atoms with Gasteiger partial charge in [-0.1, -0.05) is 59.6 Å². The third kappa shape index (κ3) is 4.54. The molecule has 1 N–H and O–H groups in total. The van der Waals surface area contributed by atoms with Gasteiger partial charge in [0.15, 0.2) is 6.61 Å². The monoisotopic (exact) mass is 386 g/mol. The topological polar surface area (TPSA) is 50.7 Å². The molecular weight excluding hydrogens is 371 g/mol. The lowest BCUT2D eigenvalue weighted by Crippen LogP contribution is -2.25. The van der Waals surface area contributed by atoms with E-state index in [2.05, 4.69) is 10.5 Å². The molecule has 0 saturated carbocycles. The summed E-state index contributed by atoms with van der Waals surface area (Å²) >= 11 is 11.9. The fourth-order valence-electron chi connectivity index (χ4n) is 2.37. The maximum absolute atomic E-state index is 11.9. The third-order valence-electron chi connectivity index (χ3n) is 3.78. The van der Waals surface area contributed by atoms with E-state index in [1.165, 1.54) is 0 Å². The van der Waals surface area contributed by atoms with Gasteiger partial charge in [0.25, 0.3) is 5.91 Å². The Morgan fingerprint density at radius 2 is 1.77 bits per heavy atom. The Morgan fingerprint density at radius 3 is 2.54 bits per heavy atom. The van der Waals surface area contributed by atoms with Gasteiger partial charge < -0.3 is 4.74 Å². The molecule has 0 spiro atoms. The molecule has 0 saturated heterocycles. The van der Waals surface area contributed by atoms with Gasteiger partial charge in [-0.05, 0) is 47.5 Å². The first-order valence-corrected chi connectivity index (χ1v) is 8.69. The molecule has 6 heteroatoms. The summed E-state index contributed by atoms with van der Waals surface area (Å²) in [5, 5.41) is 7.14. The number of carbonyl (C=O) groups excluding carboxylic acids is 1. The van der Waals surface area contributed by atoms with Gasteiger partial charge in [0.05, 0.1) is 15.8 Å². The van der Waals surface area contributed by atoms with Crippen LogP contribution in [-0.2, 0) is 4.79 Å². The molecule has 0 aliphatic rings. The Bertz CT molecular complexity index is 986. The zero-order valence-corrected chi connectivity index (χ0v) is 15.5. The first kappa shape index (κ1) is 18.2. The predicted molar refractivity (Wildman–Crippen MR) is 106 cm³/mol. The van der Waals surface area contributed by atoms with Crippen molar-refractivity contribution in [2.24, 2.45) is 5.10 Å². The quantitative estimate of drug-likeness (QED) is 0.491. The van der Waals surface area contributed by atoms with Crippen molar-refractivity contribution in [2.45, 2.75) is 6.92 Å². The highest BCUT2D eigenvalue weighted by Crippen LogP contribution is 2.23. The Labute approximate surface area is 161 Å². The maximum Gasteiger partial charge on any atom is 0.277 e. The number of carbonyl (C=O) groups is 1. The molecule has 4 nitrogen and oxygen atoms in total. The van der Waals surface area contributed by atoms with Crippen LogP contribution in [0, 0.1) is 0 Å². The van der Waals surface area contributed by atoms with Crippen molar-refractivity contribution in [3.63, 3.8) is 0 Å². The lowest BCUT2D eigenvalue weighted by Gasteiger charge is -2.07. The van der Waals surface area contributed by atoms with Gasteiger partial charge in [0.1, 0.15) is 5.75 Å². The highest BCUT2D eigenvalue weighted by molar-refractivity contribution is 6.42. The molecule has 0 unspecified atom stereocenters. The molecule has 0 atom stereocenters. The SMILES string of the molecule is CC(=NNC(=O)COc1ccc2ccccc2c1)c1ccc(Cl)c(Cl)c1. The van der Waals surface area contributed by atoms with Gasteiger partial charge >= 0.3 is 0 Å². The molecule has 0 aliphatic carbocycles. The van der Waals surface area contributed by atoms with E-state index in [1.807, 2.05) is 42.5 Å². The summed E-state index contributed by atoms with van der Waals surface area (Å²) in [4.78, 5) is 11.9. The number of ether oxygens (including phenoxy) is 1. The molecule has 3 aromatic carbocycles. The van der Waals surface area contributed by atoms with E-state index in [0.717, 1.165) is 16.3 Å². The van der Waals surface area contributed by atoms with Crippen LogP contribution in [0.25, 0.3) is 10.8 Å². The lowest BCUT2D eigenvalue weighted by molar-refractivity contribution is -0.123. The molecule has 26 heavy (non-hydrogen) atoms. The second-order valence-electron chi connectivity index (χ2n) is 5.66. The number of amides is 1. The highest BCUT2D eigenvalue weighted by atomic mass is 35.5. The molecule has 1 amide bonds. The number of nitrogens with zero attached hydrogens (tertiary/aromatic N) is 1. The van der Waals surface area contributed by atoms with Crippen LogP contribution in [-0.4, -0.2) is 18.2 Å². The van der Waals surface area contributed by atoms with Crippen LogP contribution in [0.4, 0.5) is 0 Å². The van der Waals surface area contributed by atoms with Crippen LogP contribution in [0.5, 0.6) is 5.75 Å². The van der Waals surface area contributed by atoms with Crippen LogP contribution < -0.4 is 10.2 Å². The number of halogens is 2. The lowest BCUT2D eigenvalue weighted by atomic mass is 10.1. The van der Waals surface area contributed by atoms with Gasteiger partial charge in [0, 0.05) is 0 Å². The fraction of sp³-hybridized carbons (Fsp3) is 0.100. The van der Waals surface area contributed by atoms with E-state index in [9.17, 15) is 4.79 Å². The molecule has 0 aromatic heterocycles. The van der Waals surface area contributed by atoms with E-state index in [0.29, 0.717) is 21.5 Å². The van der Waals surface area contributed by atoms with E-state index in [-0.39, 0.29) is 12.5 Å². The highest BCUT2D eigenvalue weighted by Gasteiger charge is 2.05. The number of rotatable bonds is 5. The van der Waals surface area contributed by atoms with E-state index in [1.54, 1.807) is 25.1 Å². The Hall–Kier alpha value is -2.56. The molecule has 0 aliphatic heterocycles. The summed E-state index contributed by atoms with van der Waals surface area (Å²) in [6.45, 7) is 1.64. The maximum atomic E-state index is 11.9. The zero-order chi connectivity index (χ0) is 18.5. The normalized spacial score (nSPS) is 11.4. The number of benzene rings is 3. The standard InChI is InChI=1S/C20H16Cl2N2O2/c1-13(15-7-9-18(21)19(22)11-15)23-24-20(25)12-26-17-8-6-14-4-2-3-5-16(14)10-17/h2-11H,12H2,1H3,(H,24,25). The van der Waals surface area contributed by atoms with Crippen molar-refractivity contribution in [3.05, 3.63) is 76.3 Å². The minimum atomic E-state index is -0.349. The first-order chi connectivity index (χ1) is 12.5. The summed E-state index contributed by atoms with van der Waals surface area (Å²) in [7, 11) is 0. The summed E-state index contributed by atoms with van der Waals surface area (Å²) in [6.07, 6.45) is 0. The summed E-state index contributed by atoms with van der Waals surface area (Å²) < 4.78 is 5.53. The fourth-order valence-corrected chi connectivity index (χ4v) is 2.67. The molecule has 132 valence electrons. The molecule has 0 fully saturated rings.